The summed E-state index contributed by atoms with van der Waals surface area (Å²) in [5, 5.41) is 14.2. The average molecular weight is 288 g/mol. The third kappa shape index (κ3) is 4.29. The molecule has 0 spiro atoms. The summed E-state index contributed by atoms with van der Waals surface area (Å²) < 4.78 is 5.52. The van der Waals surface area contributed by atoms with Crippen molar-refractivity contribution in [1.82, 2.24) is 15.5 Å². The number of aromatic nitrogens is 2. The van der Waals surface area contributed by atoms with Gasteiger partial charge < -0.3 is 15.1 Å². The molecule has 1 aromatic heterocycles. The molecule has 1 unspecified atom stereocenters. The van der Waals surface area contributed by atoms with Gasteiger partial charge >= 0.3 is 6.01 Å². The summed E-state index contributed by atoms with van der Waals surface area (Å²) in [7, 11) is 1.85. The molecule has 1 heterocycles. The fourth-order valence-corrected chi connectivity index (χ4v) is 2.57. The summed E-state index contributed by atoms with van der Waals surface area (Å²) in [6, 6.07) is 11.3. The lowest BCUT2D eigenvalue weighted by atomic mass is 9.79. The van der Waals surface area contributed by atoms with Crippen LogP contribution in [-0.4, -0.2) is 23.3 Å². The van der Waals surface area contributed by atoms with E-state index in [1.54, 1.807) is 0 Å². The molecule has 2 N–H and O–H groups in total. The molecular formula is C16H24N4O. The van der Waals surface area contributed by atoms with Gasteiger partial charge in [-0.1, -0.05) is 49.3 Å². The molecule has 0 amide bonds. The fourth-order valence-electron chi connectivity index (χ4n) is 2.57. The van der Waals surface area contributed by atoms with Crippen LogP contribution in [-0.2, 0) is 12.0 Å². The van der Waals surface area contributed by atoms with Crippen molar-refractivity contribution in [2.24, 2.45) is 0 Å². The van der Waals surface area contributed by atoms with E-state index in [2.05, 4.69) is 65.9 Å². The van der Waals surface area contributed by atoms with Crippen LogP contribution in [0.4, 0.5) is 6.01 Å². The first-order chi connectivity index (χ1) is 10.0. The first-order valence-electron chi connectivity index (χ1n) is 7.30. The Morgan fingerprint density at radius 1 is 1.19 bits per heavy atom. The Morgan fingerprint density at radius 3 is 2.57 bits per heavy atom. The highest BCUT2D eigenvalue weighted by atomic mass is 16.4. The van der Waals surface area contributed by atoms with Gasteiger partial charge in [0.2, 0.25) is 5.89 Å². The van der Waals surface area contributed by atoms with E-state index in [0.29, 0.717) is 18.5 Å². The second-order valence-electron chi connectivity index (χ2n) is 6.03. The maximum Gasteiger partial charge on any atom is 0.315 e. The molecule has 0 saturated carbocycles. The molecule has 0 saturated heterocycles. The highest BCUT2D eigenvalue weighted by molar-refractivity contribution is 5.25. The largest absolute Gasteiger partial charge is 0.407 e. The number of benzene rings is 1. The Kier molecular flexibility index (Phi) is 4.96. The van der Waals surface area contributed by atoms with Crippen LogP contribution in [0, 0.1) is 0 Å². The highest BCUT2D eigenvalue weighted by Crippen LogP contribution is 2.28. The molecule has 0 bridgehead atoms. The summed E-state index contributed by atoms with van der Waals surface area (Å²) in [5.41, 5.74) is 1.42. The molecule has 2 rings (SSSR count). The fraction of sp³-hybridized carbons (Fsp3) is 0.500. The third-order valence-electron chi connectivity index (χ3n) is 3.54. The van der Waals surface area contributed by atoms with Crippen molar-refractivity contribution in [3.05, 3.63) is 41.8 Å². The molecule has 1 aromatic carbocycles. The second kappa shape index (κ2) is 6.72. The minimum absolute atomic E-state index is 0.0848. The summed E-state index contributed by atoms with van der Waals surface area (Å²) >= 11 is 0. The van der Waals surface area contributed by atoms with Gasteiger partial charge in [0, 0.05) is 6.04 Å². The second-order valence-corrected chi connectivity index (χ2v) is 6.03. The molecule has 5 nitrogen and oxygen atoms in total. The number of nitrogens with zero attached hydrogens (tertiary/aromatic N) is 2. The van der Waals surface area contributed by atoms with Gasteiger partial charge in [-0.2, -0.15) is 0 Å². The van der Waals surface area contributed by atoms with Gasteiger partial charge in [0.25, 0.3) is 0 Å². The smallest absolute Gasteiger partial charge is 0.315 e. The molecular weight excluding hydrogens is 264 g/mol. The maximum absolute atomic E-state index is 5.52. The van der Waals surface area contributed by atoms with E-state index in [1.807, 2.05) is 13.1 Å². The maximum atomic E-state index is 5.52. The lowest BCUT2D eigenvalue weighted by Gasteiger charge is -2.28. The zero-order valence-corrected chi connectivity index (χ0v) is 13.2. The van der Waals surface area contributed by atoms with Gasteiger partial charge in [0.15, 0.2) is 0 Å². The number of hydrogen-bond acceptors (Lipinski definition) is 5. The summed E-state index contributed by atoms with van der Waals surface area (Å²) in [6.45, 7) is 7.22. The van der Waals surface area contributed by atoms with Crippen molar-refractivity contribution in [2.75, 3.05) is 12.4 Å². The number of nitrogens with one attached hydrogen (secondary N) is 2. The van der Waals surface area contributed by atoms with Crippen molar-refractivity contribution in [3.8, 4) is 0 Å². The van der Waals surface area contributed by atoms with Crippen LogP contribution in [0.15, 0.2) is 34.7 Å². The quantitative estimate of drug-likeness (QED) is 0.820. The molecule has 0 aliphatic heterocycles. The topological polar surface area (TPSA) is 63.0 Å². The Morgan fingerprint density at radius 2 is 1.90 bits per heavy atom. The first kappa shape index (κ1) is 15.5. The van der Waals surface area contributed by atoms with Crippen molar-refractivity contribution in [3.63, 3.8) is 0 Å². The Labute approximate surface area is 126 Å². The average Bonchev–Trinajstić information content (AvgIpc) is 2.87. The highest BCUT2D eigenvalue weighted by Gasteiger charge is 2.23. The van der Waals surface area contributed by atoms with Crippen molar-refractivity contribution < 1.29 is 4.42 Å². The summed E-state index contributed by atoms with van der Waals surface area (Å²) in [6.07, 6.45) is 0.973. The number of rotatable bonds is 7. The number of anilines is 1. The molecule has 21 heavy (non-hydrogen) atoms. The molecule has 2 aromatic rings. The molecule has 0 radical (unpaired) electrons. The third-order valence-corrected chi connectivity index (χ3v) is 3.54. The standard InChI is InChI=1S/C16H24N4O/c1-12(18-15-20-19-14(21-15)11-17-4)10-16(2,3)13-8-6-5-7-9-13/h5-9,12,17H,10-11H2,1-4H3,(H,18,20). The van der Waals surface area contributed by atoms with Gasteiger partial charge in [-0.05, 0) is 31.4 Å². The summed E-state index contributed by atoms with van der Waals surface area (Å²) in [4.78, 5) is 0. The zero-order valence-electron chi connectivity index (χ0n) is 13.2. The summed E-state index contributed by atoms with van der Waals surface area (Å²) in [5.74, 6) is 0.592. The molecule has 0 aliphatic carbocycles. The zero-order chi connectivity index (χ0) is 15.3. The van der Waals surface area contributed by atoms with E-state index in [-0.39, 0.29) is 11.5 Å². The lowest BCUT2D eigenvalue weighted by molar-refractivity contribution is 0.436. The first-order valence-corrected chi connectivity index (χ1v) is 7.30. The predicted octanol–water partition coefficient (Wildman–Crippen LogP) is 2.96. The van der Waals surface area contributed by atoms with Crippen LogP contribution in [0.1, 0.15) is 38.6 Å². The van der Waals surface area contributed by atoms with Crippen LogP contribution in [0.3, 0.4) is 0 Å². The predicted molar refractivity (Wildman–Crippen MR) is 84.2 cm³/mol. The minimum atomic E-state index is 0.0848. The molecule has 1 atom stereocenters. The Hall–Kier alpha value is -1.88. The molecule has 114 valence electrons. The van der Waals surface area contributed by atoms with Crippen LogP contribution in [0.5, 0.6) is 0 Å². The van der Waals surface area contributed by atoms with E-state index in [1.165, 1.54) is 5.56 Å². The minimum Gasteiger partial charge on any atom is -0.407 e. The molecule has 5 heteroatoms. The Balaban J connectivity index is 1.95. The van der Waals surface area contributed by atoms with Crippen molar-refractivity contribution in [1.29, 1.82) is 0 Å². The molecule has 0 aliphatic rings. The van der Waals surface area contributed by atoms with Crippen LogP contribution < -0.4 is 10.6 Å². The van der Waals surface area contributed by atoms with E-state index >= 15 is 0 Å². The van der Waals surface area contributed by atoms with Crippen molar-refractivity contribution in [2.45, 2.75) is 45.2 Å². The van der Waals surface area contributed by atoms with E-state index < -0.39 is 0 Å². The van der Waals surface area contributed by atoms with E-state index in [0.717, 1.165) is 6.42 Å². The lowest BCUT2D eigenvalue weighted by Crippen LogP contribution is -2.27. The van der Waals surface area contributed by atoms with Crippen molar-refractivity contribution >= 4 is 6.01 Å². The van der Waals surface area contributed by atoms with Crippen LogP contribution in [0.2, 0.25) is 0 Å². The number of hydrogen-bond donors (Lipinski definition) is 2. The van der Waals surface area contributed by atoms with Crippen LogP contribution >= 0.6 is 0 Å². The van der Waals surface area contributed by atoms with Gasteiger partial charge in [-0.3, -0.25) is 0 Å². The van der Waals surface area contributed by atoms with Gasteiger partial charge in [0.1, 0.15) is 0 Å². The van der Waals surface area contributed by atoms with Gasteiger partial charge in [0.05, 0.1) is 6.54 Å². The molecule has 0 fully saturated rings. The SMILES string of the molecule is CNCc1nnc(NC(C)CC(C)(C)c2ccccc2)o1. The Bertz CT molecular complexity index is 550. The van der Waals surface area contributed by atoms with Gasteiger partial charge in [-0.25, -0.2) is 0 Å². The normalized spacial score (nSPS) is 13.1. The van der Waals surface area contributed by atoms with E-state index in [4.69, 9.17) is 4.42 Å². The van der Waals surface area contributed by atoms with Gasteiger partial charge in [-0.15, -0.1) is 5.10 Å². The van der Waals surface area contributed by atoms with Crippen LogP contribution in [0.25, 0.3) is 0 Å². The monoisotopic (exact) mass is 288 g/mol. The van der Waals surface area contributed by atoms with E-state index in [9.17, 15) is 0 Å².